The number of para-hydroxylation sites is 1. The third kappa shape index (κ3) is 3.13. The summed E-state index contributed by atoms with van der Waals surface area (Å²) in [6, 6.07) is 15.6. The van der Waals surface area contributed by atoms with Gasteiger partial charge in [0, 0.05) is 32.6 Å². The Morgan fingerprint density at radius 1 is 1.00 bits per heavy atom. The fourth-order valence-electron chi connectivity index (χ4n) is 4.56. The Kier molecular flexibility index (Phi) is 4.43. The number of rotatable bonds is 1. The molecule has 0 fully saturated rings. The highest BCUT2D eigenvalue weighted by Gasteiger charge is 2.33. The fraction of sp³-hybridized carbons (Fsp3) is 0.348. The first kappa shape index (κ1) is 18.1. The van der Waals surface area contributed by atoms with E-state index in [-0.39, 0.29) is 17.5 Å². The molecule has 0 spiro atoms. The Morgan fingerprint density at radius 3 is 2.62 bits per heavy atom. The van der Waals surface area contributed by atoms with Gasteiger partial charge in [0.1, 0.15) is 5.82 Å². The number of fused-ring (bicyclic) bond motifs is 3. The Morgan fingerprint density at radius 2 is 1.76 bits per heavy atom. The van der Waals surface area contributed by atoms with E-state index in [1.165, 1.54) is 11.1 Å². The summed E-state index contributed by atoms with van der Waals surface area (Å²) >= 11 is 0. The molecule has 3 heterocycles. The number of hydrogen-bond acceptors (Lipinski definition) is 4. The molecule has 1 amide bonds. The number of likely N-dealkylation sites (N-methyl/N-ethyl adjacent to an activating group) is 1. The topological polar surface area (TPSA) is 58.4 Å². The van der Waals surface area contributed by atoms with Gasteiger partial charge in [0.05, 0.1) is 16.9 Å². The van der Waals surface area contributed by atoms with E-state index in [0.717, 1.165) is 24.3 Å². The van der Waals surface area contributed by atoms with Crippen molar-refractivity contribution in [2.75, 3.05) is 20.1 Å². The van der Waals surface area contributed by atoms with Crippen molar-refractivity contribution < 1.29 is 4.79 Å². The average molecular weight is 388 g/mol. The minimum absolute atomic E-state index is 0.0105. The van der Waals surface area contributed by atoms with Crippen molar-refractivity contribution in [2.24, 2.45) is 0 Å². The van der Waals surface area contributed by atoms with Crippen molar-refractivity contribution in [3.8, 4) is 0 Å². The van der Waals surface area contributed by atoms with Crippen molar-refractivity contribution in [1.82, 2.24) is 19.4 Å². The number of benzene rings is 2. The first-order chi connectivity index (χ1) is 14.1. The molecule has 3 aromatic rings. The molecule has 2 aromatic carbocycles. The lowest BCUT2D eigenvalue weighted by Crippen LogP contribution is -2.50. The van der Waals surface area contributed by atoms with Gasteiger partial charge >= 0.3 is 0 Å². The van der Waals surface area contributed by atoms with Gasteiger partial charge in [0.2, 0.25) is 5.91 Å². The van der Waals surface area contributed by atoms with Gasteiger partial charge < -0.3 is 4.90 Å². The summed E-state index contributed by atoms with van der Waals surface area (Å²) in [4.78, 5) is 35.0. The lowest BCUT2D eigenvalue weighted by molar-refractivity contribution is -0.137. The van der Waals surface area contributed by atoms with Crippen LogP contribution in [0.1, 0.15) is 17.0 Å². The molecule has 0 saturated carbocycles. The number of carbonyl (C=O) groups is 1. The zero-order chi connectivity index (χ0) is 20.0. The van der Waals surface area contributed by atoms with Crippen molar-refractivity contribution in [3.05, 3.63) is 75.8 Å². The molecule has 2 aliphatic rings. The van der Waals surface area contributed by atoms with Gasteiger partial charge in [-0.2, -0.15) is 0 Å². The maximum absolute atomic E-state index is 13.4. The molecule has 148 valence electrons. The van der Waals surface area contributed by atoms with E-state index in [2.05, 4.69) is 23.1 Å². The van der Waals surface area contributed by atoms with Gasteiger partial charge in [-0.1, -0.05) is 36.4 Å². The Bertz CT molecular complexity index is 1150. The Hall–Kier alpha value is -2.99. The predicted octanol–water partition coefficient (Wildman–Crippen LogP) is 1.84. The average Bonchev–Trinajstić information content (AvgIpc) is 2.96. The quantitative estimate of drug-likeness (QED) is 0.638. The third-order valence-corrected chi connectivity index (χ3v) is 6.22. The molecule has 6 heteroatoms. The highest BCUT2D eigenvalue weighted by molar-refractivity contribution is 5.83. The molecule has 1 aromatic heterocycles. The van der Waals surface area contributed by atoms with Gasteiger partial charge in [0.25, 0.3) is 5.56 Å². The molecule has 0 bridgehead atoms. The van der Waals surface area contributed by atoms with E-state index in [0.29, 0.717) is 31.4 Å². The molecule has 6 nitrogen and oxygen atoms in total. The van der Waals surface area contributed by atoms with Gasteiger partial charge in [-0.05, 0) is 36.7 Å². The lowest BCUT2D eigenvalue weighted by Gasteiger charge is -2.36. The van der Waals surface area contributed by atoms with E-state index in [1.54, 1.807) is 4.57 Å². The van der Waals surface area contributed by atoms with E-state index < -0.39 is 0 Å². The Balaban J connectivity index is 1.39. The maximum Gasteiger partial charge on any atom is 0.261 e. The molecular formula is C23H24N4O2. The highest BCUT2D eigenvalue weighted by atomic mass is 16.2. The van der Waals surface area contributed by atoms with E-state index in [4.69, 9.17) is 4.98 Å². The number of nitrogens with zero attached hydrogens (tertiary/aromatic N) is 4. The van der Waals surface area contributed by atoms with Crippen LogP contribution in [0.3, 0.4) is 0 Å². The van der Waals surface area contributed by atoms with Crippen molar-refractivity contribution >= 4 is 16.8 Å². The summed E-state index contributed by atoms with van der Waals surface area (Å²) in [5, 5.41) is 0.639. The minimum atomic E-state index is -0.158. The summed E-state index contributed by atoms with van der Waals surface area (Å²) in [6.07, 6.45) is 1.33. The second kappa shape index (κ2) is 7.12. The van der Waals surface area contributed by atoms with Gasteiger partial charge in [-0.15, -0.1) is 0 Å². The number of hydrogen-bond donors (Lipinski definition) is 0. The summed E-state index contributed by atoms with van der Waals surface area (Å²) in [5.74, 6) is 0.916. The smallest absolute Gasteiger partial charge is 0.261 e. The van der Waals surface area contributed by atoms with Crippen LogP contribution >= 0.6 is 0 Å². The molecule has 1 unspecified atom stereocenters. The molecule has 1 atom stereocenters. The zero-order valence-electron chi connectivity index (χ0n) is 16.5. The molecular weight excluding hydrogens is 364 g/mol. The van der Waals surface area contributed by atoms with Crippen LogP contribution in [0.25, 0.3) is 10.9 Å². The van der Waals surface area contributed by atoms with Gasteiger partial charge in [-0.25, -0.2) is 4.98 Å². The van der Waals surface area contributed by atoms with Crippen LogP contribution in [0.5, 0.6) is 0 Å². The van der Waals surface area contributed by atoms with Crippen LogP contribution in [0.15, 0.2) is 53.3 Å². The van der Waals surface area contributed by atoms with E-state index in [1.807, 2.05) is 42.3 Å². The highest BCUT2D eigenvalue weighted by Crippen LogP contribution is 2.23. The first-order valence-corrected chi connectivity index (χ1v) is 10.2. The summed E-state index contributed by atoms with van der Waals surface area (Å²) in [5.41, 5.74) is 3.27. The molecule has 5 rings (SSSR count). The predicted molar refractivity (Wildman–Crippen MR) is 112 cm³/mol. The van der Waals surface area contributed by atoms with Crippen LogP contribution in [-0.4, -0.2) is 51.4 Å². The van der Waals surface area contributed by atoms with E-state index >= 15 is 0 Å². The molecule has 0 radical (unpaired) electrons. The normalized spacial score (nSPS) is 19.5. The number of carbonyl (C=O) groups excluding carboxylic acids is 1. The molecule has 2 aliphatic heterocycles. The van der Waals surface area contributed by atoms with Crippen molar-refractivity contribution in [1.29, 1.82) is 0 Å². The zero-order valence-corrected chi connectivity index (χ0v) is 16.5. The SMILES string of the molecule is CN1Cc2ccccc2CC1C(=O)N1CCc2nc3ccccc3c(=O)n2CC1. The summed E-state index contributed by atoms with van der Waals surface area (Å²) in [6.45, 7) is 2.41. The minimum Gasteiger partial charge on any atom is -0.339 e. The molecule has 29 heavy (non-hydrogen) atoms. The number of aromatic nitrogens is 2. The molecule has 0 N–H and O–H groups in total. The summed E-state index contributed by atoms with van der Waals surface area (Å²) in [7, 11) is 2.02. The molecule has 0 saturated heterocycles. The van der Waals surface area contributed by atoms with Crippen LogP contribution in [0, 0.1) is 0 Å². The lowest BCUT2D eigenvalue weighted by atomic mass is 9.93. The van der Waals surface area contributed by atoms with Crippen molar-refractivity contribution in [3.63, 3.8) is 0 Å². The van der Waals surface area contributed by atoms with Crippen molar-refractivity contribution in [2.45, 2.75) is 32.0 Å². The maximum atomic E-state index is 13.4. The van der Waals surface area contributed by atoms with E-state index in [9.17, 15) is 9.59 Å². The van der Waals surface area contributed by atoms with Gasteiger partial charge in [0.15, 0.2) is 0 Å². The third-order valence-electron chi connectivity index (χ3n) is 6.22. The summed E-state index contributed by atoms with van der Waals surface area (Å²) < 4.78 is 1.75. The number of amides is 1. The second-order valence-corrected chi connectivity index (χ2v) is 7.98. The van der Waals surface area contributed by atoms with Crippen LogP contribution in [0.2, 0.25) is 0 Å². The van der Waals surface area contributed by atoms with Gasteiger partial charge in [-0.3, -0.25) is 19.1 Å². The van der Waals surface area contributed by atoms with Crippen LogP contribution in [0.4, 0.5) is 0 Å². The standard InChI is InChI=1S/C23H24N4O2/c1-25-15-17-7-3-2-6-16(17)14-20(25)23(29)26-11-10-21-24-19-9-5-4-8-18(19)22(28)27(21)13-12-26/h2-9,20H,10-15H2,1H3. The Labute approximate surface area is 169 Å². The van der Waals surface area contributed by atoms with Crippen LogP contribution < -0.4 is 5.56 Å². The largest absolute Gasteiger partial charge is 0.339 e. The first-order valence-electron chi connectivity index (χ1n) is 10.2. The van der Waals surface area contributed by atoms with Crippen LogP contribution in [-0.2, 0) is 30.7 Å². The second-order valence-electron chi connectivity index (χ2n) is 7.98. The fourth-order valence-corrected chi connectivity index (χ4v) is 4.56. The molecule has 0 aliphatic carbocycles. The monoisotopic (exact) mass is 388 g/mol.